The molecule has 0 spiro atoms. The minimum Gasteiger partial charge on any atom is -0.491 e. The van der Waals surface area contributed by atoms with E-state index >= 15 is 0 Å². The number of ether oxygens (including phenoxy) is 1. The number of hydrogen-bond acceptors (Lipinski definition) is 4. The lowest BCUT2D eigenvalue weighted by molar-refractivity contribution is 0.408. The Hall–Kier alpha value is -1.32. The number of methoxy groups -OCH3 is 1. The molecule has 0 aliphatic heterocycles. The van der Waals surface area contributed by atoms with Crippen molar-refractivity contribution in [2.24, 2.45) is 0 Å². The third-order valence-electron chi connectivity index (χ3n) is 1.32. The second-order valence-electron chi connectivity index (χ2n) is 1.82. The first-order chi connectivity index (χ1) is 4.72. The van der Waals surface area contributed by atoms with Crippen LogP contribution >= 0.6 is 0 Å². The quantitative estimate of drug-likeness (QED) is 0.555. The predicted molar refractivity (Wildman–Crippen MR) is 37.5 cm³/mol. The van der Waals surface area contributed by atoms with Crippen LogP contribution in [0.25, 0.3) is 0 Å². The van der Waals surface area contributed by atoms with Gasteiger partial charge in [0, 0.05) is 7.05 Å². The van der Waals surface area contributed by atoms with Crippen molar-refractivity contribution in [1.29, 1.82) is 0 Å². The van der Waals surface area contributed by atoms with Gasteiger partial charge in [0.25, 0.3) is 10.9 Å². The topological polar surface area (TPSA) is 55.4 Å². The summed E-state index contributed by atoms with van der Waals surface area (Å²) in [5.74, 6) is 0.132. The average Bonchev–Trinajstić information content (AvgIpc) is 1.97. The van der Waals surface area contributed by atoms with Crippen LogP contribution in [0.15, 0.2) is 9.59 Å². The Morgan fingerprint density at radius 3 is 2.20 bits per heavy atom. The first-order valence-electron chi connectivity index (χ1n) is 2.77. The molecule has 10 heavy (non-hydrogen) atoms. The van der Waals surface area contributed by atoms with Crippen molar-refractivity contribution >= 4 is 5.69 Å². The van der Waals surface area contributed by atoms with Crippen LogP contribution in [0.4, 0.5) is 5.69 Å². The Kier molecular flexibility index (Phi) is 1.45. The Morgan fingerprint density at radius 1 is 1.30 bits per heavy atom. The summed E-state index contributed by atoms with van der Waals surface area (Å²) >= 11 is 0. The van der Waals surface area contributed by atoms with E-state index in [-0.39, 0.29) is 11.4 Å². The maximum atomic E-state index is 10.6. The molecular weight excluding hydrogens is 134 g/mol. The monoisotopic (exact) mass is 141 g/mol. The van der Waals surface area contributed by atoms with E-state index in [0.717, 1.165) is 0 Å². The molecule has 0 aromatic heterocycles. The molecule has 0 fully saturated rings. The van der Waals surface area contributed by atoms with Crippen molar-refractivity contribution in [3.8, 4) is 5.75 Å². The van der Waals surface area contributed by atoms with E-state index in [1.807, 2.05) is 0 Å². The predicted octanol–water partition coefficient (Wildman–Crippen LogP) is -0.667. The van der Waals surface area contributed by atoms with Crippen LogP contribution in [0.2, 0.25) is 0 Å². The normalized spacial score (nSPS) is 9.80. The fraction of sp³-hybridized carbons (Fsp3) is 0.333. The maximum Gasteiger partial charge on any atom is 0.271 e. The molecule has 0 atom stereocenters. The summed E-state index contributed by atoms with van der Waals surface area (Å²) in [6.07, 6.45) is 0. The third kappa shape index (κ3) is 0.618. The Balaban J connectivity index is 3.16. The molecule has 4 heteroatoms. The van der Waals surface area contributed by atoms with Gasteiger partial charge in [-0.2, -0.15) is 0 Å². The van der Waals surface area contributed by atoms with Crippen LogP contribution in [-0.4, -0.2) is 14.2 Å². The van der Waals surface area contributed by atoms with Crippen LogP contribution in [0, 0.1) is 0 Å². The van der Waals surface area contributed by atoms with Crippen molar-refractivity contribution in [2.75, 3.05) is 19.5 Å². The molecule has 0 aliphatic carbocycles. The Labute approximate surface area is 57.1 Å². The van der Waals surface area contributed by atoms with Crippen LogP contribution in [0.3, 0.4) is 0 Å². The van der Waals surface area contributed by atoms with Crippen molar-refractivity contribution in [1.82, 2.24) is 0 Å². The molecule has 4 nitrogen and oxygen atoms in total. The molecule has 54 valence electrons. The fourth-order valence-electron chi connectivity index (χ4n) is 0.793. The van der Waals surface area contributed by atoms with E-state index in [0.29, 0.717) is 0 Å². The van der Waals surface area contributed by atoms with E-state index < -0.39 is 10.9 Å². The highest BCUT2D eigenvalue weighted by Gasteiger charge is 2.19. The van der Waals surface area contributed by atoms with E-state index in [9.17, 15) is 9.59 Å². The van der Waals surface area contributed by atoms with E-state index in [1.165, 1.54) is 7.11 Å². The second kappa shape index (κ2) is 2.13. The summed E-state index contributed by atoms with van der Waals surface area (Å²) in [5.41, 5.74) is -0.779. The zero-order chi connectivity index (χ0) is 7.72. The lowest BCUT2D eigenvalue weighted by Gasteiger charge is -2.06. The molecule has 0 heterocycles. The van der Waals surface area contributed by atoms with Gasteiger partial charge in [-0.15, -0.1) is 0 Å². The average molecular weight is 141 g/mol. The van der Waals surface area contributed by atoms with Crippen LogP contribution in [0.1, 0.15) is 0 Å². The van der Waals surface area contributed by atoms with Gasteiger partial charge in [0.15, 0.2) is 5.75 Å². The molecule has 0 aliphatic rings. The molecule has 1 rings (SSSR count). The number of anilines is 1. The summed E-state index contributed by atoms with van der Waals surface area (Å²) in [6.45, 7) is 0. The van der Waals surface area contributed by atoms with Crippen LogP contribution < -0.4 is 20.9 Å². The van der Waals surface area contributed by atoms with Crippen molar-refractivity contribution in [2.45, 2.75) is 0 Å². The summed E-state index contributed by atoms with van der Waals surface area (Å²) in [7, 11) is 2.93. The molecule has 1 aromatic carbocycles. The summed E-state index contributed by atoms with van der Waals surface area (Å²) < 4.78 is 4.62. The van der Waals surface area contributed by atoms with Crippen molar-refractivity contribution in [3.63, 3.8) is 0 Å². The highest BCUT2D eigenvalue weighted by molar-refractivity contribution is 5.61. The molecule has 0 radical (unpaired) electrons. The SMILES string of the molecule is CNc1c(OC)c(=O)c1=O. The van der Waals surface area contributed by atoms with E-state index in [4.69, 9.17) is 0 Å². The number of hydrogen-bond donors (Lipinski definition) is 1. The smallest absolute Gasteiger partial charge is 0.271 e. The standard InChI is InChI=1S/C6H7NO3/c1-7-3-4(8)5(9)6(3)10-2/h7H,1-2H3. The van der Waals surface area contributed by atoms with Crippen molar-refractivity contribution < 1.29 is 4.74 Å². The minimum atomic E-state index is -0.549. The third-order valence-corrected chi connectivity index (χ3v) is 1.32. The first-order valence-corrected chi connectivity index (χ1v) is 2.77. The molecule has 1 aromatic rings. The fourth-order valence-corrected chi connectivity index (χ4v) is 0.793. The lowest BCUT2D eigenvalue weighted by Crippen LogP contribution is -2.34. The van der Waals surface area contributed by atoms with Gasteiger partial charge in [-0.05, 0) is 0 Å². The lowest BCUT2D eigenvalue weighted by atomic mass is 10.2. The van der Waals surface area contributed by atoms with Gasteiger partial charge in [0.1, 0.15) is 5.69 Å². The molecule has 0 saturated carbocycles. The Bertz CT molecular complexity index is 277. The van der Waals surface area contributed by atoms with Crippen LogP contribution in [0.5, 0.6) is 5.75 Å². The largest absolute Gasteiger partial charge is 0.491 e. The molecule has 0 saturated heterocycles. The summed E-state index contributed by atoms with van der Waals surface area (Å²) in [4.78, 5) is 21.2. The van der Waals surface area contributed by atoms with Gasteiger partial charge in [-0.25, -0.2) is 0 Å². The van der Waals surface area contributed by atoms with Gasteiger partial charge in [-0.1, -0.05) is 0 Å². The highest BCUT2D eigenvalue weighted by Crippen LogP contribution is 2.14. The molecule has 1 N–H and O–H groups in total. The molecule has 0 bridgehead atoms. The van der Waals surface area contributed by atoms with Gasteiger partial charge in [0.2, 0.25) is 0 Å². The minimum absolute atomic E-state index is 0.132. The first kappa shape index (κ1) is 6.80. The zero-order valence-corrected chi connectivity index (χ0v) is 5.72. The van der Waals surface area contributed by atoms with E-state index in [2.05, 4.69) is 10.1 Å². The van der Waals surface area contributed by atoms with Gasteiger partial charge in [0.05, 0.1) is 7.11 Å². The molecule has 0 unspecified atom stereocenters. The molecular formula is C6H7NO3. The Morgan fingerprint density at radius 2 is 1.90 bits per heavy atom. The van der Waals surface area contributed by atoms with Gasteiger partial charge < -0.3 is 10.1 Å². The number of nitrogens with one attached hydrogen (secondary N) is 1. The van der Waals surface area contributed by atoms with Gasteiger partial charge >= 0.3 is 0 Å². The highest BCUT2D eigenvalue weighted by atomic mass is 16.5. The maximum absolute atomic E-state index is 10.6. The van der Waals surface area contributed by atoms with Crippen LogP contribution in [-0.2, 0) is 0 Å². The van der Waals surface area contributed by atoms with E-state index in [1.54, 1.807) is 7.05 Å². The number of rotatable bonds is 2. The van der Waals surface area contributed by atoms with Gasteiger partial charge in [-0.3, -0.25) is 9.59 Å². The molecule has 0 amide bonds. The zero-order valence-electron chi connectivity index (χ0n) is 5.72. The second-order valence-corrected chi connectivity index (χ2v) is 1.82. The summed E-state index contributed by atoms with van der Waals surface area (Å²) in [5, 5.41) is 2.57. The summed E-state index contributed by atoms with van der Waals surface area (Å²) in [6, 6.07) is 0. The van der Waals surface area contributed by atoms with Crippen molar-refractivity contribution in [3.05, 3.63) is 20.4 Å².